The van der Waals surface area contributed by atoms with Gasteiger partial charge >= 0.3 is 0 Å². The molecule has 3 rings (SSSR count). The molecule has 1 saturated heterocycles. The first-order valence-corrected chi connectivity index (χ1v) is 8.20. The number of nitrogens with zero attached hydrogens (tertiary/aromatic N) is 2. The lowest BCUT2D eigenvalue weighted by Gasteiger charge is -2.35. The lowest BCUT2D eigenvalue weighted by Crippen LogP contribution is -2.46. The molecule has 1 aliphatic carbocycles. The maximum atomic E-state index is 4.40. The number of thiazole rings is 1. The van der Waals surface area contributed by atoms with Gasteiger partial charge in [0.2, 0.25) is 0 Å². The van der Waals surface area contributed by atoms with Gasteiger partial charge in [-0.25, -0.2) is 4.98 Å². The third-order valence-corrected chi connectivity index (χ3v) is 5.09. The number of rotatable bonds is 3. The molecule has 18 heavy (non-hydrogen) atoms. The fourth-order valence-electron chi connectivity index (χ4n) is 3.21. The summed E-state index contributed by atoms with van der Waals surface area (Å²) < 4.78 is 0. The van der Waals surface area contributed by atoms with E-state index >= 15 is 0 Å². The van der Waals surface area contributed by atoms with Gasteiger partial charge in [-0.3, -0.25) is 0 Å². The molecule has 1 saturated carbocycles. The van der Waals surface area contributed by atoms with Crippen LogP contribution in [0.1, 0.15) is 44.9 Å². The third kappa shape index (κ3) is 3.04. The van der Waals surface area contributed by atoms with E-state index in [1.165, 1.54) is 50.1 Å². The van der Waals surface area contributed by atoms with E-state index < -0.39 is 0 Å². The molecule has 1 N–H and O–H groups in total. The second-order valence-electron chi connectivity index (χ2n) is 5.58. The predicted molar refractivity (Wildman–Crippen MR) is 77.4 cm³/mol. The van der Waals surface area contributed by atoms with E-state index in [-0.39, 0.29) is 0 Å². The Labute approximate surface area is 114 Å². The normalized spacial score (nSPS) is 23.4. The second-order valence-corrected chi connectivity index (χ2v) is 6.45. The Bertz CT molecular complexity index is 338. The van der Waals surface area contributed by atoms with Gasteiger partial charge in [0.25, 0.3) is 0 Å². The molecule has 0 radical (unpaired) electrons. The number of nitrogens with one attached hydrogen (secondary N) is 1. The molecule has 0 amide bonds. The van der Waals surface area contributed by atoms with Crippen LogP contribution in [0.4, 0.5) is 5.13 Å². The number of hydrogen-bond acceptors (Lipinski definition) is 4. The Hall–Kier alpha value is -0.610. The highest BCUT2D eigenvalue weighted by atomic mass is 32.1. The van der Waals surface area contributed by atoms with Gasteiger partial charge in [-0.1, -0.05) is 19.3 Å². The van der Waals surface area contributed by atoms with E-state index in [9.17, 15) is 0 Å². The minimum absolute atomic E-state index is 0.740. The Balaban J connectivity index is 1.45. The average molecular weight is 265 g/mol. The Morgan fingerprint density at radius 1 is 1.06 bits per heavy atom. The van der Waals surface area contributed by atoms with Gasteiger partial charge < -0.3 is 10.2 Å². The van der Waals surface area contributed by atoms with Crippen molar-refractivity contribution in [1.29, 1.82) is 0 Å². The van der Waals surface area contributed by atoms with Gasteiger partial charge in [-0.05, 0) is 25.7 Å². The molecule has 0 spiro atoms. The van der Waals surface area contributed by atoms with Crippen LogP contribution in [0.25, 0.3) is 0 Å². The van der Waals surface area contributed by atoms with Crippen molar-refractivity contribution in [3.05, 3.63) is 11.6 Å². The van der Waals surface area contributed by atoms with Crippen LogP contribution in [0.3, 0.4) is 0 Å². The monoisotopic (exact) mass is 265 g/mol. The Morgan fingerprint density at radius 2 is 1.78 bits per heavy atom. The van der Waals surface area contributed by atoms with Gasteiger partial charge in [-0.15, -0.1) is 11.3 Å². The lowest BCUT2D eigenvalue weighted by molar-refractivity contribution is 0.307. The largest absolute Gasteiger partial charge is 0.348 e. The van der Waals surface area contributed by atoms with Crippen molar-refractivity contribution >= 4 is 16.5 Å². The molecule has 3 nitrogen and oxygen atoms in total. The van der Waals surface area contributed by atoms with Crippen molar-refractivity contribution < 1.29 is 0 Å². The zero-order valence-corrected chi connectivity index (χ0v) is 11.8. The summed E-state index contributed by atoms with van der Waals surface area (Å²) in [5, 5.41) is 7.15. The molecule has 2 fully saturated rings. The molecule has 0 atom stereocenters. The summed E-state index contributed by atoms with van der Waals surface area (Å²) in [4.78, 5) is 6.84. The molecular weight excluding hydrogens is 242 g/mol. The van der Waals surface area contributed by atoms with E-state index in [1.54, 1.807) is 11.3 Å². The number of hydrogen-bond donors (Lipinski definition) is 1. The van der Waals surface area contributed by atoms with Crippen LogP contribution >= 0.6 is 11.3 Å². The lowest BCUT2D eigenvalue weighted by atomic mass is 9.93. The molecule has 0 aromatic carbocycles. The summed E-state index contributed by atoms with van der Waals surface area (Å²) in [5.74, 6) is 0. The predicted octanol–water partition coefficient (Wildman–Crippen LogP) is 3.03. The minimum Gasteiger partial charge on any atom is -0.348 e. The SMILES string of the molecule is c1csc(N2CCC(NC3CCCCC3)CC2)n1. The maximum Gasteiger partial charge on any atom is 0.185 e. The standard InChI is InChI=1S/C14H23N3S/c1-2-4-12(5-3-1)16-13-6-9-17(10-7-13)14-15-8-11-18-14/h8,11-13,16H,1-7,9-10H2. The van der Waals surface area contributed by atoms with Crippen molar-refractivity contribution in [2.45, 2.75) is 57.0 Å². The minimum atomic E-state index is 0.740. The van der Waals surface area contributed by atoms with Crippen LogP contribution < -0.4 is 10.2 Å². The van der Waals surface area contributed by atoms with Crippen LogP contribution in [-0.2, 0) is 0 Å². The molecule has 2 heterocycles. The first kappa shape index (κ1) is 12.4. The van der Waals surface area contributed by atoms with Crippen LogP contribution in [-0.4, -0.2) is 30.2 Å². The molecule has 100 valence electrons. The summed E-state index contributed by atoms with van der Waals surface area (Å²) in [5.41, 5.74) is 0. The fourth-order valence-corrected chi connectivity index (χ4v) is 3.91. The molecule has 1 aromatic heterocycles. The highest BCUT2D eigenvalue weighted by molar-refractivity contribution is 7.13. The molecule has 2 aliphatic rings. The van der Waals surface area contributed by atoms with Crippen LogP contribution in [0.15, 0.2) is 11.6 Å². The third-order valence-electron chi connectivity index (χ3n) is 4.26. The maximum absolute atomic E-state index is 4.40. The highest BCUT2D eigenvalue weighted by Crippen LogP contribution is 2.24. The Morgan fingerprint density at radius 3 is 2.44 bits per heavy atom. The summed E-state index contributed by atoms with van der Waals surface area (Å²) in [6.07, 6.45) is 11.5. The van der Waals surface area contributed by atoms with Crippen molar-refractivity contribution in [3.8, 4) is 0 Å². The van der Waals surface area contributed by atoms with E-state index in [0.717, 1.165) is 25.2 Å². The average Bonchev–Trinajstić information content (AvgIpc) is 2.95. The van der Waals surface area contributed by atoms with Crippen molar-refractivity contribution in [2.75, 3.05) is 18.0 Å². The number of piperidine rings is 1. The molecule has 0 unspecified atom stereocenters. The quantitative estimate of drug-likeness (QED) is 0.910. The summed E-state index contributed by atoms with van der Waals surface area (Å²) in [6.45, 7) is 2.33. The summed E-state index contributed by atoms with van der Waals surface area (Å²) >= 11 is 1.76. The Kier molecular flexibility index (Phi) is 4.16. The first-order chi connectivity index (χ1) is 8.92. The molecular formula is C14H23N3S. The summed E-state index contributed by atoms with van der Waals surface area (Å²) in [6, 6.07) is 1.54. The van der Waals surface area contributed by atoms with Crippen molar-refractivity contribution in [1.82, 2.24) is 10.3 Å². The van der Waals surface area contributed by atoms with Gasteiger partial charge in [0.1, 0.15) is 0 Å². The number of aromatic nitrogens is 1. The zero-order valence-electron chi connectivity index (χ0n) is 11.0. The van der Waals surface area contributed by atoms with Crippen LogP contribution in [0, 0.1) is 0 Å². The van der Waals surface area contributed by atoms with Gasteiger partial charge in [0, 0.05) is 36.8 Å². The van der Waals surface area contributed by atoms with E-state index in [1.807, 2.05) is 6.20 Å². The summed E-state index contributed by atoms with van der Waals surface area (Å²) in [7, 11) is 0. The molecule has 1 aromatic rings. The van der Waals surface area contributed by atoms with E-state index in [0.29, 0.717) is 0 Å². The van der Waals surface area contributed by atoms with Gasteiger partial charge in [0.15, 0.2) is 5.13 Å². The molecule has 0 bridgehead atoms. The molecule has 4 heteroatoms. The van der Waals surface area contributed by atoms with Crippen molar-refractivity contribution in [3.63, 3.8) is 0 Å². The first-order valence-electron chi connectivity index (χ1n) is 7.32. The highest BCUT2D eigenvalue weighted by Gasteiger charge is 2.23. The topological polar surface area (TPSA) is 28.2 Å². The van der Waals surface area contributed by atoms with Crippen LogP contribution in [0.5, 0.6) is 0 Å². The van der Waals surface area contributed by atoms with Gasteiger partial charge in [0.05, 0.1) is 0 Å². The van der Waals surface area contributed by atoms with Crippen LogP contribution in [0.2, 0.25) is 0 Å². The smallest absolute Gasteiger partial charge is 0.185 e. The fraction of sp³-hybridized carbons (Fsp3) is 0.786. The molecule has 1 aliphatic heterocycles. The number of anilines is 1. The van der Waals surface area contributed by atoms with Gasteiger partial charge in [-0.2, -0.15) is 0 Å². The second kappa shape index (κ2) is 6.02. The van der Waals surface area contributed by atoms with Crippen molar-refractivity contribution in [2.24, 2.45) is 0 Å². The van der Waals surface area contributed by atoms with E-state index in [2.05, 4.69) is 20.6 Å². The zero-order chi connectivity index (χ0) is 12.2. The van der Waals surface area contributed by atoms with E-state index in [4.69, 9.17) is 0 Å².